The SMILES string of the molecule is C(=N/N=C(\c1ccccc1)C12CN3CN(CN(C3)C1)C2)/c1ccccc1. The van der Waals surface area contributed by atoms with Gasteiger partial charge >= 0.3 is 0 Å². The van der Waals surface area contributed by atoms with Crippen molar-refractivity contribution in [2.45, 2.75) is 0 Å². The van der Waals surface area contributed by atoms with Crippen molar-refractivity contribution in [1.29, 1.82) is 0 Å². The standard InChI is InChI=1S/C21H23N5/c1-3-7-18(8-4-1)11-22-23-20(19-9-5-2-6-10-19)21-12-24-15-25(13-21)17-26(14-21)16-24/h1-11H,12-17H2/b22-11-,23-20+. The second-order valence-electron chi connectivity index (χ2n) is 7.66. The molecule has 0 aromatic heterocycles. The molecule has 0 saturated carbocycles. The average Bonchev–Trinajstić information content (AvgIpc) is 2.65. The monoisotopic (exact) mass is 345 g/mol. The van der Waals surface area contributed by atoms with E-state index in [0.29, 0.717) is 0 Å². The highest BCUT2D eigenvalue weighted by atomic mass is 15.5. The molecule has 0 atom stereocenters. The van der Waals surface area contributed by atoms with E-state index in [0.717, 1.165) is 50.9 Å². The Kier molecular flexibility index (Phi) is 3.93. The fourth-order valence-corrected chi connectivity index (χ4v) is 4.70. The summed E-state index contributed by atoms with van der Waals surface area (Å²) in [7, 11) is 0. The van der Waals surface area contributed by atoms with Crippen molar-refractivity contribution >= 4 is 11.9 Å². The van der Waals surface area contributed by atoms with Gasteiger partial charge in [0.25, 0.3) is 0 Å². The van der Waals surface area contributed by atoms with E-state index in [2.05, 4.69) is 62.3 Å². The van der Waals surface area contributed by atoms with Crippen LogP contribution in [0.5, 0.6) is 0 Å². The zero-order valence-corrected chi connectivity index (χ0v) is 14.8. The molecular formula is C21H23N5. The van der Waals surface area contributed by atoms with Gasteiger partial charge in [-0.25, -0.2) is 0 Å². The molecule has 0 aliphatic carbocycles. The minimum atomic E-state index is 0.0319. The van der Waals surface area contributed by atoms with Crippen LogP contribution in [0.4, 0.5) is 0 Å². The van der Waals surface area contributed by atoms with Crippen molar-refractivity contribution in [3.63, 3.8) is 0 Å². The van der Waals surface area contributed by atoms with Crippen LogP contribution in [0.15, 0.2) is 70.9 Å². The van der Waals surface area contributed by atoms with Crippen molar-refractivity contribution in [2.75, 3.05) is 39.6 Å². The van der Waals surface area contributed by atoms with Gasteiger partial charge in [0.1, 0.15) is 0 Å². The predicted octanol–water partition coefficient (Wildman–Crippen LogP) is 2.32. The minimum absolute atomic E-state index is 0.0319. The van der Waals surface area contributed by atoms with Gasteiger partial charge in [-0.1, -0.05) is 60.7 Å². The van der Waals surface area contributed by atoms with Crippen LogP contribution in [0, 0.1) is 5.41 Å². The molecule has 4 aliphatic heterocycles. The Balaban J connectivity index is 1.53. The second-order valence-corrected chi connectivity index (χ2v) is 7.66. The molecule has 6 rings (SSSR count). The highest BCUT2D eigenvalue weighted by Gasteiger charge is 2.51. The Bertz CT molecular complexity index is 793. The summed E-state index contributed by atoms with van der Waals surface area (Å²) in [4.78, 5) is 7.57. The van der Waals surface area contributed by atoms with Gasteiger partial charge in [0, 0.05) is 19.6 Å². The fourth-order valence-electron chi connectivity index (χ4n) is 4.70. The summed E-state index contributed by atoms with van der Waals surface area (Å²) in [6, 6.07) is 20.7. The first-order valence-electron chi connectivity index (χ1n) is 9.20. The quantitative estimate of drug-likeness (QED) is 0.630. The Labute approximate surface area is 154 Å². The summed E-state index contributed by atoms with van der Waals surface area (Å²) in [6.45, 7) is 6.42. The van der Waals surface area contributed by atoms with E-state index in [1.165, 1.54) is 5.56 Å². The molecular weight excluding hydrogens is 322 g/mol. The molecule has 0 radical (unpaired) electrons. The van der Waals surface area contributed by atoms with Crippen molar-refractivity contribution in [2.24, 2.45) is 15.6 Å². The van der Waals surface area contributed by atoms with Crippen molar-refractivity contribution in [3.8, 4) is 0 Å². The van der Waals surface area contributed by atoms with Gasteiger partial charge < -0.3 is 0 Å². The van der Waals surface area contributed by atoms with E-state index in [1.807, 2.05) is 24.4 Å². The average molecular weight is 345 g/mol. The first-order chi connectivity index (χ1) is 12.8. The molecule has 4 bridgehead atoms. The molecule has 0 unspecified atom stereocenters. The van der Waals surface area contributed by atoms with Crippen LogP contribution in [0.2, 0.25) is 0 Å². The summed E-state index contributed by atoms with van der Waals surface area (Å²) in [6.07, 6.45) is 1.85. The molecule has 0 spiro atoms. The molecule has 2 aromatic rings. The highest BCUT2D eigenvalue weighted by molar-refractivity contribution is 6.05. The summed E-state index contributed by atoms with van der Waals surface area (Å²) in [5.74, 6) is 0. The molecule has 2 aromatic carbocycles. The number of benzene rings is 2. The van der Waals surface area contributed by atoms with Crippen LogP contribution in [0.3, 0.4) is 0 Å². The van der Waals surface area contributed by atoms with Crippen LogP contribution in [-0.2, 0) is 0 Å². The van der Waals surface area contributed by atoms with E-state index in [-0.39, 0.29) is 5.41 Å². The minimum Gasteiger partial charge on any atom is -0.276 e. The van der Waals surface area contributed by atoms with Crippen LogP contribution in [0.1, 0.15) is 11.1 Å². The zero-order valence-electron chi connectivity index (χ0n) is 14.8. The molecule has 5 nitrogen and oxygen atoms in total. The Morgan fingerprint density at radius 2 is 1.31 bits per heavy atom. The van der Waals surface area contributed by atoms with Gasteiger partial charge in [-0.05, 0) is 11.1 Å². The van der Waals surface area contributed by atoms with Gasteiger partial charge in [0.15, 0.2) is 0 Å². The van der Waals surface area contributed by atoms with Gasteiger partial charge in [0.05, 0.1) is 37.3 Å². The Morgan fingerprint density at radius 3 is 1.88 bits per heavy atom. The van der Waals surface area contributed by atoms with Gasteiger partial charge in [0.2, 0.25) is 0 Å². The normalized spacial score (nSPS) is 33.1. The van der Waals surface area contributed by atoms with Crippen molar-refractivity contribution < 1.29 is 0 Å². The maximum Gasteiger partial charge on any atom is 0.0802 e. The number of nitrogens with zero attached hydrogens (tertiary/aromatic N) is 5. The van der Waals surface area contributed by atoms with E-state index >= 15 is 0 Å². The fraction of sp³-hybridized carbons (Fsp3) is 0.333. The van der Waals surface area contributed by atoms with E-state index in [4.69, 9.17) is 5.10 Å². The molecule has 0 N–H and O–H groups in total. The largest absolute Gasteiger partial charge is 0.276 e. The third-order valence-electron chi connectivity index (χ3n) is 5.49. The maximum atomic E-state index is 4.79. The first kappa shape index (κ1) is 15.9. The predicted molar refractivity (Wildman–Crippen MR) is 104 cm³/mol. The molecule has 5 heteroatoms. The van der Waals surface area contributed by atoms with E-state index in [9.17, 15) is 0 Å². The summed E-state index contributed by atoms with van der Waals surface area (Å²) < 4.78 is 0. The first-order valence-corrected chi connectivity index (χ1v) is 9.20. The zero-order chi connectivity index (χ0) is 17.4. The number of hydrogen-bond acceptors (Lipinski definition) is 5. The van der Waals surface area contributed by atoms with Gasteiger partial charge in [-0.2, -0.15) is 10.2 Å². The number of hydrogen-bond donors (Lipinski definition) is 0. The Hall–Kier alpha value is -2.34. The number of rotatable bonds is 4. The molecule has 26 heavy (non-hydrogen) atoms. The third kappa shape index (κ3) is 2.88. The smallest absolute Gasteiger partial charge is 0.0802 e. The van der Waals surface area contributed by atoms with Crippen molar-refractivity contribution in [1.82, 2.24) is 14.7 Å². The van der Waals surface area contributed by atoms with Crippen LogP contribution >= 0.6 is 0 Å². The second kappa shape index (κ2) is 6.43. The summed E-state index contributed by atoms with van der Waals surface area (Å²) in [5.41, 5.74) is 3.41. The maximum absolute atomic E-state index is 4.79. The van der Waals surface area contributed by atoms with E-state index in [1.54, 1.807) is 0 Å². The molecule has 4 heterocycles. The van der Waals surface area contributed by atoms with Gasteiger partial charge in [-0.15, -0.1) is 0 Å². The van der Waals surface area contributed by atoms with Crippen LogP contribution in [-0.4, -0.2) is 66.3 Å². The lowest BCUT2D eigenvalue weighted by Gasteiger charge is -2.60. The molecule has 0 amide bonds. The molecule has 132 valence electrons. The van der Waals surface area contributed by atoms with Crippen molar-refractivity contribution in [3.05, 3.63) is 71.8 Å². The summed E-state index contributed by atoms with van der Waals surface area (Å²) in [5, 5.41) is 9.27. The highest BCUT2D eigenvalue weighted by Crippen LogP contribution is 2.38. The molecule has 4 saturated heterocycles. The molecule has 4 aliphatic rings. The van der Waals surface area contributed by atoms with Crippen LogP contribution < -0.4 is 0 Å². The third-order valence-corrected chi connectivity index (χ3v) is 5.49. The Morgan fingerprint density at radius 1 is 0.769 bits per heavy atom. The lowest BCUT2D eigenvalue weighted by atomic mass is 9.74. The van der Waals surface area contributed by atoms with Gasteiger partial charge in [-0.3, -0.25) is 14.7 Å². The van der Waals surface area contributed by atoms with E-state index < -0.39 is 0 Å². The lowest BCUT2D eigenvalue weighted by Crippen LogP contribution is -2.74. The molecule has 4 fully saturated rings. The summed E-state index contributed by atoms with van der Waals surface area (Å²) >= 11 is 0. The lowest BCUT2D eigenvalue weighted by molar-refractivity contribution is -0.149. The topological polar surface area (TPSA) is 34.4 Å². The van der Waals surface area contributed by atoms with Crippen LogP contribution in [0.25, 0.3) is 0 Å².